The highest BCUT2D eigenvalue weighted by atomic mass is 35.5. The van der Waals surface area contributed by atoms with Crippen molar-refractivity contribution in [3.05, 3.63) is 28.9 Å². The summed E-state index contributed by atoms with van der Waals surface area (Å²) in [5, 5.41) is 19.6. The summed E-state index contributed by atoms with van der Waals surface area (Å²) in [6.07, 6.45) is 4.01. The van der Waals surface area contributed by atoms with E-state index >= 15 is 0 Å². The van der Waals surface area contributed by atoms with E-state index in [1.165, 1.54) is 10.6 Å². The smallest absolute Gasteiger partial charge is 0.211 e. The number of aliphatic hydroxyl groups is 1. The summed E-state index contributed by atoms with van der Waals surface area (Å²) in [5.41, 5.74) is 0.573. The maximum absolute atomic E-state index is 11.7. The largest absolute Gasteiger partial charge is 0.385 e. The average Bonchev–Trinajstić information content (AvgIpc) is 3.09. The molecule has 1 aromatic heterocycles. The maximum Gasteiger partial charge on any atom is 0.211 e. The van der Waals surface area contributed by atoms with Crippen molar-refractivity contribution in [3.63, 3.8) is 0 Å². The molecule has 23 heavy (non-hydrogen) atoms. The molecule has 2 N–H and O–H groups in total. The highest BCUT2D eigenvalue weighted by molar-refractivity contribution is 7.88. The number of aromatic nitrogens is 2. The Balaban J connectivity index is 1.68. The number of hydrogen-bond donors (Lipinski definition) is 2. The molecule has 0 radical (unpaired) electrons. The molecule has 0 bridgehead atoms. The Morgan fingerprint density at radius 2 is 2.00 bits per heavy atom. The van der Waals surface area contributed by atoms with Crippen molar-refractivity contribution in [2.24, 2.45) is 11.8 Å². The van der Waals surface area contributed by atoms with E-state index in [-0.39, 0.29) is 11.8 Å². The number of rotatable bonds is 2. The number of benzene rings is 1. The minimum Gasteiger partial charge on any atom is -0.385 e. The van der Waals surface area contributed by atoms with Gasteiger partial charge in [0, 0.05) is 29.1 Å². The fourth-order valence-corrected chi connectivity index (χ4v) is 5.34. The second-order valence-corrected chi connectivity index (χ2v) is 9.25. The molecule has 6 nitrogen and oxygen atoms in total. The molecule has 1 aliphatic heterocycles. The van der Waals surface area contributed by atoms with Crippen LogP contribution in [-0.2, 0) is 15.6 Å². The third kappa shape index (κ3) is 2.46. The van der Waals surface area contributed by atoms with Crippen molar-refractivity contribution in [1.82, 2.24) is 14.5 Å². The summed E-state index contributed by atoms with van der Waals surface area (Å²) >= 11 is 6.18. The SMILES string of the molecule is CS(=O)(=O)N1CC2CC(O)(c3cc(Cl)cc4cn[nH]c34)CC2C1. The van der Waals surface area contributed by atoms with Crippen LogP contribution in [0.25, 0.3) is 10.9 Å². The first kappa shape index (κ1) is 15.4. The number of nitrogens with one attached hydrogen (secondary N) is 1. The van der Waals surface area contributed by atoms with Crippen molar-refractivity contribution >= 4 is 32.5 Å². The molecule has 124 valence electrons. The molecule has 0 amide bonds. The predicted octanol–water partition coefficient (Wildman–Crippen LogP) is 1.71. The molecule has 2 unspecified atom stereocenters. The van der Waals surface area contributed by atoms with Crippen LogP contribution in [0.2, 0.25) is 5.02 Å². The minimum absolute atomic E-state index is 0.173. The summed E-state index contributed by atoms with van der Waals surface area (Å²) in [7, 11) is -3.16. The van der Waals surface area contributed by atoms with Gasteiger partial charge >= 0.3 is 0 Å². The van der Waals surface area contributed by atoms with Crippen LogP contribution in [0.15, 0.2) is 18.3 Å². The van der Waals surface area contributed by atoms with Gasteiger partial charge in [-0.25, -0.2) is 12.7 Å². The minimum atomic E-state index is -3.16. The summed E-state index contributed by atoms with van der Waals surface area (Å²) in [4.78, 5) is 0. The van der Waals surface area contributed by atoms with Crippen LogP contribution in [0.1, 0.15) is 18.4 Å². The van der Waals surface area contributed by atoms with Crippen molar-refractivity contribution in [2.45, 2.75) is 18.4 Å². The van der Waals surface area contributed by atoms with E-state index < -0.39 is 15.6 Å². The van der Waals surface area contributed by atoms with Gasteiger partial charge in [0.05, 0.1) is 23.6 Å². The van der Waals surface area contributed by atoms with Crippen molar-refractivity contribution in [1.29, 1.82) is 0 Å². The molecule has 1 aromatic carbocycles. The van der Waals surface area contributed by atoms with E-state index in [1.807, 2.05) is 6.07 Å². The molecule has 1 aliphatic carbocycles. The van der Waals surface area contributed by atoms with Gasteiger partial charge in [-0.05, 0) is 36.8 Å². The van der Waals surface area contributed by atoms with Gasteiger partial charge < -0.3 is 5.11 Å². The molecule has 1 saturated carbocycles. The van der Waals surface area contributed by atoms with Gasteiger partial charge in [0.2, 0.25) is 10.0 Å². The molecule has 2 aromatic rings. The normalized spacial score (nSPS) is 31.8. The average molecular weight is 356 g/mol. The Hall–Kier alpha value is -1.15. The van der Waals surface area contributed by atoms with Gasteiger partial charge in [0.25, 0.3) is 0 Å². The van der Waals surface area contributed by atoms with E-state index in [0.717, 1.165) is 16.5 Å². The van der Waals surface area contributed by atoms with Crippen molar-refractivity contribution in [2.75, 3.05) is 19.3 Å². The zero-order chi connectivity index (χ0) is 16.4. The van der Waals surface area contributed by atoms with E-state index in [4.69, 9.17) is 11.6 Å². The number of aromatic amines is 1. The lowest BCUT2D eigenvalue weighted by molar-refractivity contribution is 0.0352. The molecule has 0 spiro atoms. The van der Waals surface area contributed by atoms with E-state index in [9.17, 15) is 13.5 Å². The van der Waals surface area contributed by atoms with E-state index in [0.29, 0.717) is 31.0 Å². The molecular formula is C15H18ClN3O3S. The lowest BCUT2D eigenvalue weighted by Crippen LogP contribution is -2.31. The van der Waals surface area contributed by atoms with Crippen molar-refractivity contribution in [3.8, 4) is 0 Å². The molecule has 2 atom stereocenters. The van der Waals surface area contributed by atoms with Gasteiger partial charge in [-0.15, -0.1) is 0 Å². The third-order valence-electron chi connectivity index (χ3n) is 5.23. The number of nitrogens with zero attached hydrogens (tertiary/aromatic N) is 2. The van der Waals surface area contributed by atoms with Crippen LogP contribution in [0.4, 0.5) is 0 Å². The van der Waals surface area contributed by atoms with Gasteiger partial charge in [0.1, 0.15) is 0 Å². The first-order valence-electron chi connectivity index (χ1n) is 7.57. The molecule has 2 aliphatic rings. The summed E-state index contributed by atoms with van der Waals surface area (Å²) < 4.78 is 24.9. The van der Waals surface area contributed by atoms with Gasteiger partial charge in [0.15, 0.2) is 0 Å². The molecule has 4 rings (SSSR count). The van der Waals surface area contributed by atoms with Crippen LogP contribution in [-0.4, -0.2) is 47.4 Å². The van der Waals surface area contributed by atoms with Crippen LogP contribution in [0, 0.1) is 11.8 Å². The molecular weight excluding hydrogens is 338 g/mol. The standard InChI is InChI=1S/C15H18ClN3O3S/c1-23(21,22)19-7-10-4-15(20,5-11(10)8-19)13-3-12(16)2-9-6-17-18-14(9)13/h2-3,6,10-11,20H,4-5,7-8H2,1H3,(H,17,18). The summed E-state index contributed by atoms with van der Waals surface area (Å²) in [5.74, 6) is 0.346. The summed E-state index contributed by atoms with van der Waals surface area (Å²) in [6, 6.07) is 3.60. The highest BCUT2D eigenvalue weighted by Crippen LogP contribution is 2.50. The second kappa shape index (κ2) is 4.92. The van der Waals surface area contributed by atoms with Crippen LogP contribution < -0.4 is 0 Å². The monoisotopic (exact) mass is 355 g/mol. The second-order valence-electron chi connectivity index (χ2n) is 6.83. The number of halogens is 1. The zero-order valence-corrected chi connectivity index (χ0v) is 14.2. The quantitative estimate of drug-likeness (QED) is 0.858. The first-order chi connectivity index (χ1) is 10.8. The fraction of sp³-hybridized carbons (Fsp3) is 0.533. The van der Waals surface area contributed by atoms with Crippen LogP contribution in [0.5, 0.6) is 0 Å². The van der Waals surface area contributed by atoms with Gasteiger partial charge in [-0.1, -0.05) is 11.6 Å². The topological polar surface area (TPSA) is 86.3 Å². The Bertz CT molecular complexity index is 865. The Kier molecular flexibility index (Phi) is 3.29. The number of hydrogen-bond acceptors (Lipinski definition) is 4. The van der Waals surface area contributed by atoms with Crippen LogP contribution in [0.3, 0.4) is 0 Å². The van der Waals surface area contributed by atoms with Crippen LogP contribution >= 0.6 is 11.6 Å². The van der Waals surface area contributed by atoms with Gasteiger partial charge in [-0.3, -0.25) is 5.10 Å². The molecule has 2 fully saturated rings. The lowest BCUT2D eigenvalue weighted by Gasteiger charge is -2.26. The Morgan fingerprint density at radius 3 is 2.61 bits per heavy atom. The van der Waals surface area contributed by atoms with Crippen molar-refractivity contribution < 1.29 is 13.5 Å². The number of fused-ring (bicyclic) bond motifs is 2. The molecule has 8 heteroatoms. The lowest BCUT2D eigenvalue weighted by atomic mass is 9.89. The molecule has 2 heterocycles. The summed E-state index contributed by atoms with van der Waals surface area (Å²) in [6.45, 7) is 0.969. The zero-order valence-electron chi connectivity index (χ0n) is 12.7. The Morgan fingerprint density at radius 1 is 1.35 bits per heavy atom. The predicted molar refractivity (Wildman–Crippen MR) is 87.6 cm³/mol. The maximum atomic E-state index is 11.7. The highest BCUT2D eigenvalue weighted by Gasteiger charge is 2.51. The Labute approximate surface area is 139 Å². The van der Waals surface area contributed by atoms with Gasteiger partial charge in [-0.2, -0.15) is 5.10 Å². The third-order valence-corrected chi connectivity index (χ3v) is 6.68. The van der Waals surface area contributed by atoms with E-state index in [2.05, 4.69) is 10.2 Å². The number of H-pyrrole nitrogens is 1. The fourth-order valence-electron chi connectivity index (χ4n) is 4.19. The molecule has 1 saturated heterocycles. The number of sulfonamides is 1. The first-order valence-corrected chi connectivity index (χ1v) is 9.79. The van der Waals surface area contributed by atoms with E-state index in [1.54, 1.807) is 12.3 Å².